The highest BCUT2D eigenvalue weighted by Crippen LogP contribution is 2.28. The minimum Gasteiger partial charge on any atom is -0.370 e. The molecule has 1 amide bonds. The molecule has 0 unspecified atom stereocenters. The Bertz CT molecular complexity index is 856. The van der Waals surface area contributed by atoms with E-state index in [1.54, 1.807) is 24.0 Å². The van der Waals surface area contributed by atoms with Crippen LogP contribution in [-0.2, 0) is 4.74 Å². The van der Waals surface area contributed by atoms with Crippen LogP contribution < -0.4 is 5.56 Å². The molecule has 0 saturated carbocycles. The summed E-state index contributed by atoms with van der Waals surface area (Å²) in [5.41, 5.74) is 3.99. The predicted octanol–water partition coefficient (Wildman–Crippen LogP) is 2.90. The van der Waals surface area contributed by atoms with E-state index >= 15 is 0 Å². The molecule has 1 aromatic carbocycles. The Balaban J connectivity index is 1.89. The summed E-state index contributed by atoms with van der Waals surface area (Å²) in [6, 6.07) is 9.53. The quantitative estimate of drug-likeness (QED) is 0.914. The zero-order valence-electron chi connectivity index (χ0n) is 15.1. The van der Waals surface area contributed by atoms with E-state index in [4.69, 9.17) is 4.74 Å². The lowest BCUT2D eigenvalue weighted by atomic mass is 9.98. The van der Waals surface area contributed by atoms with Gasteiger partial charge in [0.2, 0.25) is 0 Å². The molecule has 5 heteroatoms. The number of hydrogen-bond donors (Lipinski definition) is 1. The molecule has 2 heterocycles. The molecule has 1 aliphatic heterocycles. The van der Waals surface area contributed by atoms with Crippen LogP contribution in [0.5, 0.6) is 0 Å². The Morgan fingerprint density at radius 2 is 1.96 bits per heavy atom. The molecule has 132 valence electrons. The molecule has 1 N–H and O–H groups in total. The SMILES string of the molecule is Cc1ccc(C)c([C@@H]2CN(C(=O)c3ccc(C)[nH]c3=O)[C@H](C)CO2)c1. The molecule has 1 aromatic heterocycles. The first-order valence-electron chi connectivity index (χ1n) is 8.56. The first kappa shape index (κ1) is 17.4. The maximum atomic E-state index is 12.9. The highest BCUT2D eigenvalue weighted by Gasteiger charge is 2.32. The van der Waals surface area contributed by atoms with Gasteiger partial charge in [-0.3, -0.25) is 9.59 Å². The van der Waals surface area contributed by atoms with Gasteiger partial charge in [-0.2, -0.15) is 0 Å². The molecule has 1 fully saturated rings. The van der Waals surface area contributed by atoms with Crippen molar-refractivity contribution in [2.24, 2.45) is 0 Å². The molecule has 2 atom stereocenters. The Hall–Kier alpha value is -2.40. The summed E-state index contributed by atoms with van der Waals surface area (Å²) in [5.74, 6) is -0.243. The molecule has 25 heavy (non-hydrogen) atoms. The van der Waals surface area contributed by atoms with Crippen molar-refractivity contribution in [3.8, 4) is 0 Å². The second-order valence-corrected chi connectivity index (χ2v) is 6.87. The molecule has 0 bridgehead atoms. The van der Waals surface area contributed by atoms with Crippen LogP contribution in [0.1, 0.15) is 45.8 Å². The zero-order chi connectivity index (χ0) is 18.1. The zero-order valence-corrected chi connectivity index (χ0v) is 15.1. The number of rotatable bonds is 2. The van der Waals surface area contributed by atoms with Crippen molar-refractivity contribution in [2.45, 2.75) is 39.8 Å². The lowest BCUT2D eigenvalue weighted by Gasteiger charge is -2.38. The van der Waals surface area contributed by atoms with Crippen LogP contribution in [0.15, 0.2) is 35.1 Å². The molecular weight excluding hydrogens is 316 g/mol. The second-order valence-electron chi connectivity index (χ2n) is 6.87. The van der Waals surface area contributed by atoms with Gasteiger partial charge < -0.3 is 14.6 Å². The van der Waals surface area contributed by atoms with Crippen molar-refractivity contribution >= 4 is 5.91 Å². The van der Waals surface area contributed by atoms with Crippen LogP contribution in [0.2, 0.25) is 0 Å². The maximum Gasteiger partial charge on any atom is 0.260 e. The Kier molecular flexibility index (Phi) is 4.77. The normalized spacial score (nSPS) is 20.6. The van der Waals surface area contributed by atoms with Gasteiger partial charge in [0.05, 0.1) is 19.2 Å². The minimum absolute atomic E-state index is 0.0745. The first-order valence-corrected chi connectivity index (χ1v) is 8.56. The molecule has 0 aliphatic carbocycles. The number of carbonyl (C=O) groups is 1. The number of hydrogen-bond acceptors (Lipinski definition) is 3. The third-order valence-electron chi connectivity index (χ3n) is 4.76. The van der Waals surface area contributed by atoms with E-state index in [1.807, 2.05) is 20.8 Å². The number of aromatic nitrogens is 1. The summed E-state index contributed by atoms with van der Waals surface area (Å²) in [6.07, 6.45) is -0.176. The van der Waals surface area contributed by atoms with Crippen molar-refractivity contribution in [3.05, 3.63) is 68.6 Å². The van der Waals surface area contributed by atoms with Crippen molar-refractivity contribution in [1.29, 1.82) is 0 Å². The van der Waals surface area contributed by atoms with E-state index in [9.17, 15) is 9.59 Å². The number of nitrogens with one attached hydrogen (secondary N) is 1. The molecule has 2 aromatic rings. The second kappa shape index (κ2) is 6.84. The van der Waals surface area contributed by atoms with Gasteiger partial charge in [-0.05, 0) is 51.0 Å². The largest absolute Gasteiger partial charge is 0.370 e. The number of carbonyl (C=O) groups excluding carboxylic acids is 1. The average molecular weight is 340 g/mol. The summed E-state index contributed by atoms with van der Waals surface area (Å²) >= 11 is 0. The maximum absolute atomic E-state index is 12.9. The van der Waals surface area contributed by atoms with Gasteiger partial charge in [-0.25, -0.2) is 0 Å². The van der Waals surface area contributed by atoms with E-state index < -0.39 is 0 Å². The van der Waals surface area contributed by atoms with Gasteiger partial charge in [0, 0.05) is 5.69 Å². The van der Waals surface area contributed by atoms with Crippen LogP contribution in [0, 0.1) is 20.8 Å². The van der Waals surface area contributed by atoms with Crippen LogP contribution in [0.3, 0.4) is 0 Å². The third kappa shape index (κ3) is 3.51. The van der Waals surface area contributed by atoms with E-state index in [0.717, 1.165) is 22.4 Å². The summed E-state index contributed by atoms with van der Waals surface area (Å²) < 4.78 is 6.00. The molecular formula is C20H24N2O3. The molecule has 1 saturated heterocycles. The topological polar surface area (TPSA) is 62.4 Å². The van der Waals surface area contributed by atoms with Crippen molar-refractivity contribution < 1.29 is 9.53 Å². The number of benzene rings is 1. The van der Waals surface area contributed by atoms with E-state index in [1.165, 1.54) is 0 Å². The Morgan fingerprint density at radius 1 is 1.20 bits per heavy atom. The number of morpholine rings is 1. The molecule has 0 radical (unpaired) electrons. The molecule has 3 rings (SSSR count). The number of aromatic amines is 1. The van der Waals surface area contributed by atoms with E-state index in [0.29, 0.717) is 13.2 Å². The lowest BCUT2D eigenvalue weighted by Crippen LogP contribution is -2.49. The number of aryl methyl sites for hydroxylation is 3. The summed E-state index contributed by atoms with van der Waals surface area (Å²) in [5, 5.41) is 0. The van der Waals surface area contributed by atoms with Gasteiger partial charge in [0.25, 0.3) is 11.5 Å². The molecule has 0 spiro atoms. The fourth-order valence-electron chi connectivity index (χ4n) is 3.23. The minimum atomic E-state index is -0.341. The first-order chi connectivity index (χ1) is 11.9. The van der Waals surface area contributed by atoms with Gasteiger partial charge >= 0.3 is 0 Å². The van der Waals surface area contributed by atoms with Crippen LogP contribution in [0.25, 0.3) is 0 Å². The fourth-order valence-corrected chi connectivity index (χ4v) is 3.23. The van der Waals surface area contributed by atoms with Gasteiger partial charge in [0.15, 0.2) is 0 Å². The smallest absolute Gasteiger partial charge is 0.260 e. The highest BCUT2D eigenvalue weighted by atomic mass is 16.5. The molecule has 1 aliphatic rings. The number of pyridine rings is 1. The monoisotopic (exact) mass is 340 g/mol. The number of H-pyrrole nitrogens is 1. The highest BCUT2D eigenvalue weighted by molar-refractivity contribution is 5.94. The van der Waals surface area contributed by atoms with E-state index in [-0.39, 0.29) is 29.2 Å². The number of nitrogens with zero attached hydrogens (tertiary/aromatic N) is 1. The van der Waals surface area contributed by atoms with Gasteiger partial charge in [-0.15, -0.1) is 0 Å². The van der Waals surface area contributed by atoms with Crippen LogP contribution in [0.4, 0.5) is 0 Å². The van der Waals surface area contributed by atoms with E-state index in [2.05, 4.69) is 23.2 Å². The molecule has 5 nitrogen and oxygen atoms in total. The van der Waals surface area contributed by atoms with Crippen molar-refractivity contribution in [1.82, 2.24) is 9.88 Å². The Morgan fingerprint density at radius 3 is 2.68 bits per heavy atom. The predicted molar refractivity (Wildman–Crippen MR) is 96.9 cm³/mol. The fraction of sp³-hybridized carbons (Fsp3) is 0.400. The summed E-state index contributed by atoms with van der Waals surface area (Å²) in [6.45, 7) is 8.73. The standard InChI is InChI=1S/C20H24N2O3/c1-12-5-6-13(2)17(9-12)18-10-22(15(4)11-25-18)20(24)16-8-7-14(3)21-19(16)23/h5-9,15,18H,10-11H2,1-4H3,(H,21,23)/t15-,18+/m1/s1. The van der Waals surface area contributed by atoms with Crippen LogP contribution in [-0.4, -0.2) is 35.0 Å². The van der Waals surface area contributed by atoms with Crippen molar-refractivity contribution in [2.75, 3.05) is 13.2 Å². The lowest BCUT2D eigenvalue weighted by molar-refractivity contribution is -0.0489. The number of amides is 1. The number of ether oxygens (including phenoxy) is 1. The van der Waals surface area contributed by atoms with Gasteiger partial charge in [0.1, 0.15) is 11.7 Å². The van der Waals surface area contributed by atoms with Gasteiger partial charge in [-0.1, -0.05) is 23.8 Å². The summed E-state index contributed by atoms with van der Waals surface area (Å²) in [4.78, 5) is 29.5. The van der Waals surface area contributed by atoms with Crippen LogP contribution >= 0.6 is 0 Å². The van der Waals surface area contributed by atoms with Crippen molar-refractivity contribution in [3.63, 3.8) is 0 Å². The third-order valence-corrected chi connectivity index (χ3v) is 4.76. The Labute approximate surface area is 147 Å². The average Bonchev–Trinajstić information content (AvgIpc) is 2.57. The summed E-state index contributed by atoms with van der Waals surface area (Å²) in [7, 11) is 0.